The van der Waals surface area contributed by atoms with Crippen LogP contribution in [0.1, 0.15) is 22.5 Å². The zero-order valence-corrected chi connectivity index (χ0v) is 11.4. The summed E-state index contributed by atoms with van der Waals surface area (Å²) in [6.07, 6.45) is 4.51. The van der Waals surface area contributed by atoms with Crippen molar-refractivity contribution in [1.82, 2.24) is 15.2 Å². The molecule has 1 N–H and O–H groups in total. The molecule has 0 aromatic carbocycles. The second kappa shape index (κ2) is 4.31. The standard InChI is InChI=1S/C15H17N3O2/c1-9-8-20-14-5-16-12(4-11(9)14)15(19)17-13-7-18-3-2-10(13)6-18/h4-5,8,10,13H,2-3,6-7H2,1H3,(H,17,19). The van der Waals surface area contributed by atoms with Crippen molar-refractivity contribution >= 4 is 16.9 Å². The summed E-state index contributed by atoms with van der Waals surface area (Å²) in [7, 11) is 0. The fourth-order valence-electron chi connectivity index (χ4n) is 3.37. The minimum absolute atomic E-state index is 0.0775. The summed E-state index contributed by atoms with van der Waals surface area (Å²) in [4.78, 5) is 18.9. The van der Waals surface area contributed by atoms with Gasteiger partial charge in [-0.1, -0.05) is 0 Å². The Morgan fingerprint density at radius 1 is 1.50 bits per heavy atom. The first-order valence-electron chi connectivity index (χ1n) is 7.08. The van der Waals surface area contributed by atoms with E-state index in [0.717, 1.165) is 29.6 Å². The van der Waals surface area contributed by atoms with Gasteiger partial charge < -0.3 is 14.6 Å². The highest BCUT2D eigenvalue weighted by Crippen LogP contribution is 2.28. The number of hydrogen-bond acceptors (Lipinski definition) is 4. The molecule has 0 radical (unpaired) electrons. The van der Waals surface area contributed by atoms with E-state index in [4.69, 9.17) is 4.42 Å². The molecule has 2 aliphatic heterocycles. The lowest BCUT2D eigenvalue weighted by molar-refractivity contribution is 0.0919. The van der Waals surface area contributed by atoms with Gasteiger partial charge in [0, 0.05) is 24.5 Å². The predicted molar refractivity (Wildman–Crippen MR) is 74.5 cm³/mol. The maximum atomic E-state index is 12.3. The number of carbonyl (C=O) groups excluding carboxylic acids is 1. The van der Waals surface area contributed by atoms with Crippen LogP contribution in [0.25, 0.3) is 11.0 Å². The lowest BCUT2D eigenvalue weighted by atomic mass is 10.00. The molecular formula is C15H17N3O2. The second-order valence-corrected chi connectivity index (χ2v) is 5.87. The third-order valence-electron chi connectivity index (χ3n) is 4.54. The summed E-state index contributed by atoms with van der Waals surface area (Å²) in [5, 5.41) is 4.09. The smallest absolute Gasteiger partial charge is 0.270 e. The number of rotatable bonds is 2. The van der Waals surface area contributed by atoms with E-state index in [-0.39, 0.29) is 11.9 Å². The number of amides is 1. The quantitative estimate of drug-likeness (QED) is 0.900. The highest BCUT2D eigenvalue weighted by atomic mass is 16.3. The van der Waals surface area contributed by atoms with Gasteiger partial charge >= 0.3 is 0 Å². The number of pyridine rings is 1. The minimum atomic E-state index is -0.0775. The summed E-state index contributed by atoms with van der Waals surface area (Å²) >= 11 is 0. The molecule has 0 aliphatic carbocycles. The first-order chi connectivity index (χ1) is 9.70. The molecule has 0 saturated carbocycles. The van der Waals surface area contributed by atoms with Crippen LogP contribution in [-0.2, 0) is 0 Å². The van der Waals surface area contributed by atoms with Crippen molar-refractivity contribution in [3.8, 4) is 0 Å². The highest BCUT2D eigenvalue weighted by molar-refractivity contribution is 5.96. The molecule has 4 heterocycles. The first kappa shape index (κ1) is 11.9. The van der Waals surface area contributed by atoms with Crippen molar-refractivity contribution in [2.75, 3.05) is 19.6 Å². The van der Waals surface area contributed by atoms with Gasteiger partial charge in [-0.2, -0.15) is 0 Å². The van der Waals surface area contributed by atoms with Crippen molar-refractivity contribution in [2.24, 2.45) is 5.92 Å². The molecule has 2 aromatic heterocycles. The Kier molecular flexibility index (Phi) is 2.57. The molecule has 104 valence electrons. The maximum absolute atomic E-state index is 12.3. The number of aryl methyl sites for hydroxylation is 1. The van der Waals surface area contributed by atoms with E-state index in [1.165, 1.54) is 13.0 Å². The topological polar surface area (TPSA) is 58.4 Å². The summed E-state index contributed by atoms with van der Waals surface area (Å²) in [6, 6.07) is 2.09. The van der Waals surface area contributed by atoms with Gasteiger partial charge in [-0.15, -0.1) is 0 Å². The van der Waals surface area contributed by atoms with Gasteiger partial charge in [-0.3, -0.25) is 4.79 Å². The average Bonchev–Trinajstić information content (AvgIpc) is 3.15. The summed E-state index contributed by atoms with van der Waals surface area (Å²) in [6.45, 7) is 5.24. The number of fused-ring (bicyclic) bond motifs is 3. The Hall–Kier alpha value is -1.88. The van der Waals surface area contributed by atoms with Crippen molar-refractivity contribution < 1.29 is 9.21 Å². The molecule has 5 heteroatoms. The van der Waals surface area contributed by atoms with Crippen LogP contribution in [0.2, 0.25) is 0 Å². The van der Waals surface area contributed by atoms with Gasteiger partial charge in [0.05, 0.1) is 12.5 Å². The molecule has 2 aromatic rings. The zero-order chi connectivity index (χ0) is 13.7. The Balaban J connectivity index is 1.56. The van der Waals surface area contributed by atoms with E-state index >= 15 is 0 Å². The Morgan fingerprint density at radius 2 is 2.40 bits per heavy atom. The molecule has 2 fully saturated rings. The van der Waals surface area contributed by atoms with Crippen LogP contribution in [0, 0.1) is 12.8 Å². The van der Waals surface area contributed by atoms with Gasteiger partial charge in [0.2, 0.25) is 0 Å². The van der Waals surface area contributed by atoms with Crippen LogP contribution in [0.15, 0.2) is 22.9 Å². The molecule has 3 unspecified atom stereocenters. The van der Waals surface area contributed by atoms with Crippen LogP contribution < -0.4 is 5.32 Å². The Morgan fingerprint density at radius 3 is 3.15 bits per heavy atom. The second-order valence-electron chi connectivity index (χ2n) is 5.87. The number of aromatic nitrogens is 1. The summed E-state index contributed by atoms with van der Waals surface area (Å²) in [5.41, 5.74) is 2.23. The van der Waals surface area contributed by atoms with Crippen LogP contribution >= 0.6 is 0 Å². The van der Waals surface area contributed by atoms with Crippen molar-refractivity contribution in [2.45, 2.75) is 19.4 Å². The van der Waals surface area contributed by atoms with E-state index in [1.807, 2.05) is 13.0 Å². The first-order valence-corrected chi connectivity index (χ1v) is 7.08. The highest BCUT2D eigenvalue weighted by Gasteiger charge is 2.38. The van der Waals surface area contributed by atoms with E-state index in [1.54, 1.807) is 12.5 Å². The number of nitrogens with zero attached hydrogens (tertiary/aromatic N) is 2. The summed E-state index contributed by atoms with van der Waals surface area (Å²) < 4.78 is 5.36. The zero-order valence-electron chi connectivity index (χ0n) is 11.4. The lowest BCUT2D eigenvalue weighted by Gasteiger charge is -2.22. The molecule has 20 heavy (non-hydrogen) atoms. The SMILES string of the molecule is Cc1coc2cnc(C(=O)NC3CN4CCC3C4)cc12. The van der Waals surface area contributed by atoms with Crippen LogP contribution in [0.4, 0.5) is 0 Å². The molecule has 4 rings (SSSR count). The molecule has 1 amide bonds. The van der Waals surface area contributed by atoms with Crippen LogP contribution in [-0.4, -0.2) is 41.5 Å². The third kappa shape index (κ3) is 1.81. The monoisotopic (exact) mass is 271 g/mol. The Labute approximate surface area is 117 Å². The van der Waals surface area contributed by atoms with E-state index < -0.39 is 0 Å². The molecule has 2 bridgehead atoms. The predicted octanol–water partition coefficient (Wildman–Crippen LogP) is 1.57. The third-order valence-corrected chi connectivity index (χ3v) is 4.54. The van der Waals surface area contributed by atoms with Crippen LogP contribution in [0.5, 0.6) is 0 Å². The van der Waals surface area contributed by atoms with E-state index in [9.17, 15) is 4.79 Å². The number of nitrogens with one attached hydrogen (secondary N) is 1. The fraction of sp³-hybridized carbons (Fsp3) is 0.467. The van der Waals surface area contributed by atoms with Crippen molar-refractivity contribution in [3.63, 3.8) is 0 Å². The van der Waals surface area contributed by atoms with Crippen molar-refractivity contribution in [3.05, 3.63) is 29.8 Å². The molecule has 2 saturated heterocycles. The molecule has 3 atom stereocenters. The van der Waals surface area contributed by atoms with Gasteiger partial charge in [0.15, 0.2) is 5.58 Å². The summed E-state index contributed by atoms with van der Waals surface area (Å²) in [5.74, 6) is 0.532. The van der Waals surface area contributed by atoms with Gasteiger partial charge in [-0.05, 0) is 37.4 Å². The van der Waals surface area contributed by atoms with E-state index in [0.29, 0.717) is 11.6 Å². The number of piperidine rings is 1. The number of hydrogen-bond donors (Lipinski definition) is 1. The molecule has 5 nitrogen and oxygen atoms in total. The normalized spacial score (nSPS) is 28.1. The fourth-order valence-corrected chi connectivity index (χ4v) is 3.37. The molecular weight excluding hydrogens is 254 g/mol. The maximum Gasteiger partial charge on any atom is 0.270 e. The molecule has 0 spiro atoms. The van der Waals surface area contributed by atoms with Crippen LogP contribution in [0.3, 0.4) is 0 Å². The lowest BCUT2D eigenvalue weighted by Crippen LogP contribution is -2.43. The van der Waals surface area contributed by atoms with Gasteiger partial charge in [0.25, 0.3) is 5.91 Å². The van der Waals surface area contributed by atoms with E-state index in [2.05, 4.69) is 15.2 Å². The number of carbonyl (C=O) groups is 1. The largest absolute Gasteiger partial charge is 0.462 e. The van der Waals surface area contributed by atoms with Gasteiger partial charge in [-0.25, -0.2) is 4.98 Å². The number of furan rings is 1. The van der Waals surface area contributed by atoms with Crippen molar-refractivity contribution in [1.29, 1.82) is 0 Å². The average molecular weight is 271 g/mol. The minimum Gasteiger partial charge on any atom is -0.462 e. The Bertz CT molecular complexity index is 679. The molecule has 2 aliphatic rings. The van der Waals surface area contributed by atoms with Gasteiger partial charge in [0.1, 0.15) is 5.69 Å².